The zero-order chi connectivity index (χ0) is 19.1. The van der Waals surface area contributed by atoms with E-state index in [0.29, 0.717) is 22.3 Å². The normalized spacial score (nSPS) is 10.1. The minimum absolute atomic E-state index is 0.129. The molecule has 0 radical (unpaired) electrons. The van der Waals surface area contributed by atoms with E-state index in [1.807, 2.05) is 0 Å². The SMILES string of the molecule is CCC(=O)Nc1cccc(OCC(=O)Nc2cc([N+](=O)[O-])ccc2Br)c1. The molecule has 136 valence electrons. The maximum atomic E-state index is 12.0. The lowest BCUT2D eigenvalue weighted by atomic mass is 10.3. The number of anilines is 2. The number of benzene rings is 2. The summed E-state index contributed by atoms with van der Waals surface area (Å²) >= 11 is 3.22. The number of hydrogen-bond donors (Lipinski definition) is 2. The summed E-state index contributed by atoms with van der Waals surface area (Å²) in [4.78, 5) is 33.7. The summed E-state index contributed by atoms with van der Waals surface area (Å²) < 4.78 is 5.92. The molecule has 0 aliphatic carbocycles. The van der Waals surface area contributed by atoms with Gasteiger partial charge in [-0.2, -0.15) is 0 Å². The predicted octanol–water partition coefficient (Wildman–Crippen LogP) is 3.72. The van der Waals surface area contributed by atoms with Crippen LogP contribution in [0.25, 0.3) is 0 Å². The van der Waals surface area contributed by atoms with Crippen molar-refractivity contribution in [3.63, 3.8) is 0 Å². The van der Waals surface area contributed by atoms with Gasteiger partial charge in [0.1, 0.15) is 5.75 Å². The van der Waals surface area contributed by atoms with E-state index in [0.717, 1.165) is 0 Å². The molecule has 0 saturated carbocycles. The van der Waals surface area contributed by atoms with Gasteiger partial charge in [-0.1, -0.05) is 13.0 Å². The summed E-state index contributed by atoms with van der Waals surface area (Å²) in [6.07, 6.45) is 0.353. The zero-order valence-corrected chi connectivity index (χ0v) is 15.4. The highest BCUT2D eigenvalue weighted by Gasteiger charge is 2.12. The number of nitro groups is 1. The molecule has 2 N–H and O–H groups in total. The maximum Gasteiger partial charge on any atom is 0.271 e. The number of amides is 2. The van der Waals surface area contributed by atoms with E-state index in [9.17, 15) is 19.7 Å². The first-order chi connectivity index (χ1) is 12.4. The first-order valence-corrected chi connectivity index (χ1v) is 8.45. The van der Waals surface area contributed by atoms with Crippen LogP contribution in [0.15, 0.2) is 46.9 Å². The van der Waals surface area contributed by atoms with Crippen LogP contribution in [0.5, 0.6) is 5.75 Å². The summed E-state index contributed by atoms with van der Waals surface area (Å²) in [6.45, 7) is 1.45. The van der Waals surface area contributed by atoms with E-state index in [2.05, 4.69) is 26.6 Å². The molecular weight excluding hydrogens is 406 g/mol. The Labute approximate surface area is 157 Å². The monoisotopic (exact) mass is 421 g/mol. The van der Waals surface area contributed by atoms with Crippen molar-refractivity contribution in [2.24, 2.45) is 0 Å². The largest absolute Gasteiger partial charge is 0.484 e. The van der Waals surface area contributed by atoms with E-state index in [1.54, 1.807) is 31.2 Å². The lowest BCUT2D eigenvalue weighted by Gasteiger charge is -2.10. The van der Waals surface area contributed by atoms with E-state index in [1.165, 1.54) is 18.2 Å². The molecule has 2 rings (SSSR count). The van der Waals surface area contributed by atoms with E-state index in [-0.39, 0.29) is 23.9 Å². The molecule has 0 fully saturated rings. The zero-order valence-electron chi connectivity index (χ0n) is 13.8. The highest BCUT2D eigenvalue weighted by Crippen LogP contribution is 2.27. The number of nitrogens with zero attached hydrogens (tertiary/aromatic N) is 1. The third-order valence-electron chi connectivity index (χ3n) is 3.24. The second kappa shape index (κ2) is 8.95. The molecule has 2 aromatic rings. The van der Waals surface area contributed by atoms with Gasteiger partial charge in [0.05, 0.1) is 10.6 Å². The Morgan fingerprint density at radius 1 is 1.15 bits per heavy atom. The van der Waals surface area contributed by atoms with E-state index in [4.69, 9.17) is 4.74 Å². The lowest BCUT2D eigenvalue weighted by Crippen LogP contribution is -2.20. The smallest absolute Gasteiger partial charge is 0.271 e. The molecular formula is C17H16BrN3O5. The number of non-ortho nitro benzene ring substituents is 1. The van der Waals surface area contributed by atoms with Gasteiger partial charge < -0.3 is 15.4 Å². The molecule has 8 nitrogen and oxygen atoms in total. The van der Waals surface area contributed by atoms with Gasteiger partial charge in [0.2, 0.25) is 5.91 Å². The number of halogens is 1. The van der Waals surface area contributed by atoms with Crippen LogP contribution in [0.4, 0.5) is 17.1 Å². The maximum absolute atomic E-state index is 12.0. The molecule has 0 aliphatic rings. The Kier molecular flexibility index (Phi) is 6.67. The van der Waals surface area contributed by atoms with E-state index < -0.39 is 10.8 Å². The number of carbonyl (C=O) groups excluding carboxylic acids is 2. The number of nitro benzene ring substituents is 1. The van der Waals surface area contributed by atoms with Crippen molar-refractivity contribution in [2.45, 2.75) is 13.3 Å². The van der Waals surface area contributed by atoms with Gasteiger partial charge in [-0.05, 0) is 34.1 Å². The Morgan fingerprint density at radius 3 is 2.62 bits per heavy atom. The quantitative estimate of drug-likeness (QED) is 0.522. The minimum Gasteiger partial charge on any atom is -0.484 e. The summed E-state index contributed by atoms with van der Waals surface area (Å²) in [6, 6.07) is 10.7. The summed E-state index contributed by atoms with van der Waals surface area (Å²) in [5.41, 5.74) is 0.705. The van der Waals surface area contributed by atoms with Crippen LogP contribution in [-0.4, -0.2) is 23.3 Å². The second-order valence-corrected chi connectivity index (χ2v) is 6.04. The molecule has 9 heteroatoms. The third kappa shape index (κ3) is 5.55. The van der Waals surface area contributed by atoms with Gasteiger partial charge in [0, 0.05) is 34.8 Å². The first kappa shape index (κ1) is 19.4. The number of nitrogens with one attached hydrogen (secondary N) is 2. The van der Waals surface area contributed by atoms with Gasteiger partial charge in [0.25, 0.3) is 11.6 Å². The fourth-order valence-electron chi connectivity index (χ4n) is 1.97. The fourth-order valence-corrected chi connectivity index (χ4v) is 2.32. The topological polar surface area (TPSA) is 111 Å². The Balaban J connectivity index is 1.97. The molecule has 2 amide bonds. The summed E-state index contributed by atoms with van der Waals surface area (Å²) in [7, 11) is 0. The fraction of sp³-hybridized carbons (Fsp3) is 0.176. The molecule has 0 bridgehead atoms. The molecule has 0 aromatic heterocycles. The average molecular weight is 422 g/mol. The molecule has 0 saturated heterocycles. The first-order valence-electron chi connectivity index (χ1n) is 7.65. The summed E-state index contributed by atoms with van der Waals surface area (Å²) in [5.74, 6) is -0.197. The van der Waals surface area contributed by atoms with Crippen LogP contribution in [0.1, 0.15) is 13.3 Å². The van der Waals surface area contributed by atoms with Gasteiger partial charge in [-0.3, -0.25) is 19.7 Å². The highest BCUT2D eigenvalue weighted by atomic mass is 79.9. The molecule has 0 aliphatic heterocycles. The van der Waals surface area contributed by atoms with Crippen molar-refractivity contribution in [2.75, 3.05) is 17.2 Å². The van der Waals surface area contributed by atoms with Crippen LogP contribution in [0.3, 0.4) is 0 Å². The van der Waals surface area contributed by atoms with Gasteiger partial charge in [-0.15, -0.1) is 0 Å². The number of carbonyl (C=O) groups is 2. The number of rotatable bonds is 7. The molecule has 2 aromatic carbocycles. The Hall–Kier alpha value is -2.94. The van der Waals surface area contributed by atoms with Crippen LogP contribution < -0.4 is 15.4 Å². The number of hydrogen-bond acceptors (Lipinski definition) is 5. The van der Waals surface area contributed by atoms with E-state index >= 15 is 0 Å². The van der Waals surface area contributed by atoms with Crippen molar-refractivity contribution < 1.29 is 19.2 Å². The third-order valence-corrected chi connectivity index (χ3v) is 3.94. The van der Waals surface area contributed by atoms with Crippen molar-refractivity contribution in [3.8, 4) is 5.75 Å². The van der Waals surface area contributed by atoms with Crippen molar-refractivity contribution >= 4 is 44.8 Å². The predicted molar refractivity (Wildman–Crippen MR) is 100 cm³/mol. The van der Waals surface area contributed by atoms with Crippen molar-refractivity contribution in [1.29, 1.82) is 0 Å². The van der Waals surface area contributed by atoms with Crippen LogP contribution in [0, 0.1) is 10.1 Å². The average Bonchev–Trinajstić information content (AvgIpc) is 2.62. The van der Waals surface area contributed by atoms with Crippen LogP contribution in [0.2, 0.25) is 0 Å². The van der Waals surface area contributed by atoms with Gasteiger partial charge in [-0.25, -0.2) is 0 Å². The van der Waals surface area contributed by atoms with Crippen molar-refractivity contribution in [1.82, 2.24) is 0 Å². The Morgan fingerprint density at radius 2 is 1.92 bits per heavy atom. The Bertz CT molecular complexity index is 841. The van der Waals surface area contributed by atoms with Gasteiger partial charge >= 0.3 is 0 Å². The van der Waals surface area contributed by atoms with Gasteiger partial charge in [0.15, 0.2) is 6.61 Å². The number of ether oxygens (including phenoxy) is 1. The molecule has 0 unspecified atom stereocenters. The summed E-state index contributed by atoms with van der Waals surface area (Å²) in [5, 5.41) is 16.1. The van der Waals surface area contributed by atoms with Crippen molar-refractivity contribution in [3.05, 3.63) is 57.1 Å². The van der Waals surface area contributed by atoms with Crippen LogP contribution in [-0.2, 0) is 9.59 Å². The highest BCUT2D eigenvalue weighted by molar-refractivity contribution is 9.10. The molecule has 0 atom stereocenters. The standard InChI is InChI=1S/C17H16BrN3O5/c1-2-16(22)19-11-4-3-5-13(8-11)26-10-17(23)20-15-9-12(21(24)25)6-7-14(15)18/h3-9H,2,10H2,1H3,(H,19,22)(H,20,23). The van der Waals surface area contributed by atoms with Crippen LogP contribution >= 0.6 is 15.9 Å². The molecule has 26 heavy (non-hydrogen) atoms. The minimum atomic E-state index is -0.547. The lowest BCUT2D eigenvalue weighted by molar-refractivity contribution is -0.384. The molecule has 0 heterocycles. The second-order valence-electron chi connectivity index (χ2n) is 5.19. The molecule has 0 spiro atoms.